The van der Waals surface area contributed by atoms with Gasteiger partial charge in [-0.25, -0.2) is 0 Å². The summed E-state index contributed by atoms with van der Waals surface area (Å²) < 4.78 is 0. The van der Waals surface area contributed by atoms with Crippen molar-refractivity contribution in [2.45, 2.75) is 19.8 Å². The van der Waals surface area contributed by atoms with Gasteiger partial charge in [-0.3, -0.25) is 14.5 Å². The third kappa shape index (κ3) is 4.27. The molecule has 1 aliphatic rings. The van der Waals surface area contributed by atoms with Crippen LogP contribution < -0.4 is 5.73 Å². The number of carboxylic acid groups (broad SMARTS) is 1. The normalized spacial score (nSPS) is 18.7. The Morgan fingerprint density at radius 2 is 1.89 bits per heavy atom. The van der Waals surface area contributed by atoms with Gasteiger partial charge < -0.3 is 15.7 Å². The molecule has 0 bridgehead atoms. The predicted molar refractivity (Wildman–Crippen MR) is 68.1 cm³/mol. The molecule has 1 aliphatic heterocycles. The summed E-state index contributed by atoms with van der Waals surface area (Å²) in [5.41, 5.74) is 5.58. The van der Waals surface area contributed by atoms with Gasteiger partial charge in [-0.05, 0) is 6.42 Å². The second-order valence-electron chi connectivity index (χ2n) is 4.65. The Kier molecular flexibility index (Phi) is 6.07. The molecular weight excluding hydrogens is 234 g/mol. The zero-order valence-electron chi connectivity index (χ0n) is 11.0. The van der Waals surface area contributed by atoms with Crippen LogP contribution in [0.1, 0.15) is 19.8 Å². The molecular formula is C12H23N3O3. The van der Waals surface area contributed by atoms with Crippen molar-refractivity contribution < 1.29 is 14.7 Å². The van der Waals surface area contributed by atoms with Crippen LogP contribution in [0, 0.1) is 5.92 Å². The van der Waals surface area contributed by atoms with Crippen molar-refractivity contribution >= 4 is 11.9 Å². The minimum atomic E-state index is -0.775. The number of piperazine rings is 1. The van der Waals surface area contributed by atoms with Crippen molar-refractivity contribution in [3.8, 4) is 0 Å². The molecule has 1 fully saturated rings. The van der Waals surface area contributed by atoms with Crippen LogP contribution in [0.15, 0.2) is 0 Å². The zero-order chi connectivity index (χ0) is 13.5. The third-order valence-electron chi connectivity index (χ3n) is 3.45. The van der Waals surface area contributed by atoms with Gasteiger partial charge in [0.25, 0.3) is 0 Å². The largest absolute Gasteiger partial charge is 0.481 e. The number of carboxylic acids is 1. The van der Waals surface area contributed by atoms with Crippen molar-refractivity contribution in [1.29, 1.82) is 0 Å². The van der Waals surface area contributed by atoms with Crippen LogP contribution in [-0.4, -0.2) is 66.1 Å². The molecule has 6 heteroatoms. The van der Waals surface area contributed by atoms with Crippen molar-refractivity contribution in [2.24, 2.45) is 11.7 Å². The second-order valence-corrected chi connectivity index (χ2v) is 4.65. The topological polar surface area (TPSA) is 86.9 Å². The van der Waals surface area contributed by atoms with Crippen molar-refractivity contribution in [3.05, 3.63) is 0 Å². The average Bonchev–Trinajstić information content (AvgIpc) is 2.38. The highest BCUT2D eigenvalue weighted by molar-refractivity contribution is 5.79. The van der Waals surface area contributed by atoms with E-state index in [-0.39, 0.29) is 18.2 Å². The molecule has 0 saturated carbocycles. The van der Waals surface area contributed by atoms with Gasteiger partial charge >= 0.3 is 5.97 Å². The monoisotopic (exact) mass is 257 g/mol. The van der Waals surface area contributed by atoms with Gasteiger partial charge in [-0.15, -0.1) is 0 Å². The van der Waals surface area contributed by atoms with Gasteiger partial charge in [0.15, 0.2) is 0 Å². The zero-order valence-corrected chi connectivity index (χ0v) is 11.0. The fraction of sp³-hybridized carbons (Fsp3) is 0.833. The van der Waals surface area contributed by atoms with Crippen molar-refractivity contribution in [2.75, 3.05) is 39.3 Å². The van der Waals surface area contributed by atoms with Crippen LogP contribution in [0.3, 0.4) is 0 Å². The van der Waals surface area contributed by atoms with E-state index in [4.69, 9.17) is 10.8 Å². The Bertz CT molecular complexity index is 284. The standard InChI is InChI=1S/C12H23N3O3/c1-2-10(9-13)12(18)15-7-5-14(6-8-15)4-3-11(16)17/h10H,2-9,13H2,1H3,(H,16,17). The molecule has 104 valence electrons. The summed E-state index contributed by atoms with van der Waals surface area (Å²) in [6.45, 7) is 5.78. The van der Waals surface area contributed by atoms with E-state index in [2.05, 4.69) is 4.90 Å². The van der Waals surface area contributed by atoms with Crippen LogP contribution in [0.25, 0.3) is 0 Å². The lowest BCUT2D eigenvalue weighted by Gasteiger charge is -2.36. The Morgan fingerprint density at radius 1 is 1.28 bits per heavy atom. The lowest BCUT2D eigenvalue weighted by Crippen LogP contribution is -2.51. The molecule has 6 nitrogen and oxygen atoms in total. The molecule has 3 N–H and O–H groups in total. The van der Waals surface area contributed by atoms with Gasteiger partial charge in [0.1, 0.15) is 0 Å². The highest BCUT2D eigenvalue weighted by Gasteiger charge is 2.25. The minimum Gasteiger partial charge on any atom is -0.481 e. The lowest BCUT2D eigenvalue weighted by atomic mass is 10.0. The molecule has 1 amide bonds. The maximum absolute atomic E-state index is 12.1. The van der Waals surface area contributed by atoms with Gasteiger partial charge in [0.2, 0.25) is 5.91 Å². The van der Waals surface area contributed by atoms with E-state index in [1.165, 1.54) is 0 Å². The van der Waals surface area contributed by atoms with E-state index in [0.717, 1.165) is 19.5 Å². The van der Waals surface area contributed by atoms with Crippen LogP contribution >= 0.6 is 0 Å². The molecule has 0 radical (unpaired) electrons. The Morgan fingerprint density at radius 3 is 2.33 bits per heavy atom. The average molecular weight is 257 g/mol. The first-order valence-corrected chi connectivity index (χ1v) is 6.51. The fourth-order valence-corrected chi connectivity index (χ4v) is 2.15. The Hall–Kier alpha value is -1.14. The maximum Gasteiger partial charge on any atom is 0.304 e. The van der Waals surface area contributed by atoms with E-state index in [9.17, 15) is 9.59 Å². The highest BCUT2D eigenvalue weighted by atomic mass is 16.4. The number of hydrogen-bond acceptors (Lipinski definition) is 4. The summed E-state index contributed by atoms with van der Waals surface area (Å²) in [6.07, 6.45) is 0.933. The van der Waals surface area contributed by atoms with Gasteiger partial charge in [-0.2, -0.15) is 0 Å². The number of amides is 1. The van der Waals surface area contributed by atoms with E-state index >= 15 is 0 Å². The summed E-state index contributed by atoms with van der Waals surface area (Å²) >= 11 is 0. The molecule has 0 spiro atoms. The third-order valence-corrected chi connectivity index (χ3v) is 3.45. The SMILES string of the molecule is CCC(CN)C(=O)N1CCN(CCC(=O)O)CC1. The molecule has 1 heterocycles. The summed E-state index contributed by atoms with van der Waals surface area (Å²) in [6, 6.07) is 0. The maximum atomic E-state index is 12.1. The Balaban J connectivity index is 2.34. The quantitative estimate of drug-likeness (QED) is 0.675. The van der Waals surface area contributed by atoms with Gasteiger partial charge in [-0.1, -0.05) is 6.92 Å². The van der Waals surface area contributed by atoms with Crippen LogP contribution in [-0.2, 0) is 9.59 Å². The first kappa shape index (κ1) is 14.9. The summed E-state index contributed by atoms with van der Waals surface area (Å²) in [5.74, 6) is -0.712. The molecule has 18 heavy (non-hydrogen) atoms. The first-order valence-electron chi connectivity index (χ1n) is 6.51. The van der Waals surface area contributed by atoms with Crippen LogP contribution in [0.4, 0.5) is 0 Å². The fourth-order valence-electron chi connectivity index (χ4n) is 2.15. The summed E-state index contributed by atoms with van der Waals surface area (Å²) in [4.78, 5) is 26.5. The molecule has 1 saturated heterocycles. The molecule has 0 aromatic rings. The molecule has 0 aromatic carbocycles. The molecule has 1 atom stereocenters. The highest BCUT2D eigenvalue weighted by Crippen LogP contribution is 2.10. The van der Waals surface area contributed by atoms with E-state index in [1.54, 1.807) is 0 Å². The molecule has 1 unspecified atom stereocenters. The molecule has 1 rings (SSSR count). The smallest absolute Gasteiger partial charge is 0.304 e. The van der Waals surface area contributed by atoms with E-state index in [0.29, 0.717) is 26.2 Å². The predicted octanol–water partition coefficient (Wildman–Crippen LogP) is -0.410. The minimum absolute atomic E-state index is 0.0735. The van der Waals surface area contributed by atoms with Crippen LogP contribution in [0.5, 0.6) is 0 Å². The van der Waals surface area contributed by atoms with Gasteiger partial charge in [0, 0.05) is 39.3 Å². The number of aliphatic carboxylic acids is 1. The number of carbonyl (C=O) groups is 2. The number of rotatable bonds is 6. The summed E-state index contributed by atoms with van der Waals surface area (Å²) in [5, 5.41) is 8.62. The number of nitrogens with two attached hydrogens (primary N) is 1. The number of carbonyl (C=O) groups excluding carboxylic acids is 1. The summed E-state index contributed by atoms with van der Waals surface area (Å²) in [7, 11) is 0. The second kappa shape index (κ2) is 7.33. The molecule has 0 aromatic heterocycles. The van der Waals surface area contributed by atoms with Crippen molar-refractivity contribution in [3.63, 3.8) is 0 Å². The van der Waals surface area contributed by atoms with E-state index < -0.39 is 5.97 Å². The number of hydrogen-bond donors (Lipinski definition) is 2. The van der Waals surface area contributed by atoms with Crippen molar-refractivity contribution in [1.82, 2.24) is 9.80 Å². The number of nitrogens with zero attached hydrogens (tertiary/aromatic N) is 2. The van der Waals surface area contributed by atoms with Gasteiger partial charge in [0.05, 0.1) is 12.3 Å². The van der Waals surface area contributed by atoms with Crippen LogP contribution in [0.2, 0.25) is 0 Å². The lowest BCUT2D eigenvalue weighted by molar-refractivity contribution is -0.139. The Labute approximate surface area is 108 Å². The van der Waals surface area contributed by atoms with E-state index in [1.807, 2.05) is 11.8 Å². The first-order chi connectivity index (χ1) is 8.58. The molecule has 0 aliphatic carbocycles.